The highest BCUT2D eigenvalue weighted by molar-refractivity contribution is 4.89. The standard InChI is InChI=1S/C17H35NO/c1-5-6-7-8-9-10-13-19-16-14-17(2,3)12-11-15(16)18-4/h15-16,18H,5-14H2,1-4H3. The Kier molecular flexibility index (Phi) is 8.01. The van der Waals surface area contributed by atoms with Crippen molar-refractivity contribution in [1.82, 2.24) is 5.32 Å². The van der Waals surface area contributed by atoms with Gasteiger partial charge in [0, 0.05) is 12.6 Å². The molecular formula is C17H35NO. The zero-order valence-electron chi connectivity index (χ0n) is 13.6. The summed E-state index contributed by atoms with van der Waals surface area (Å²) < 4.78 is 6.17. The van der Waals surface area contributed by atoms with Crippen LogP contribution < -0.4 is 5.32 Å². The fourth-order valence-electron chi connectivity index (χ4n) is 3.14. The maximum Gasteiger partial charge on any atom is 0.0733 e. The van der Waals surface area contributed by atoms with Crippen LogP contribution >= 0.6 is 0 Å². The fraction of sp³-hybridized carbons (Fsp3) is 1.00. The molecule has 0 aromatic heterocycles. The van der Waals surface area contributed by atoms with Crippen LogP contribution in [0.4, 0.5) is 0 Å². The van der Waals surface area contributed by atoms with Crippen molar-refractivity contribution in [3.05, 3.63) is 0 Å². The number of ether oxygens (including phenoxy) is 1. The predicted molar refractivity (Wildman–Crippen MR) is 83.6 cm³/mol. The van der Waals surface area contributed by atoms with Crippen molar-refractivity contribution in [3.8, 4) is 0 Å². The van der Waals surface area contributed by atoms with Gasteiger partial charge < -0.3 is 10.1 Å². The van der Waals surface area contributed by atoms with Crippen LogP contribution in [0.5, 0.6) is 0 Å². The smallest absolute Gasteiger partial charge is 0.0733 e. The SMILES string of the molecule is CCCCCCCCOC1CC(C)(C)CCC1NC. The molecule has 1 fully saturated rings. The summed E-state index contributed by atoms with van der Waals surface area (Å²) in [4.78, 5) is 0. The van der Waals surface area contributed by atoms with Crippen LogP contribution in [0.2, 0.25) is 0 Å². The Labute approximate surface area is 120 Å². The van der Waals surface area contributed by atoms with Gasteiger partial charge in [-0.3, -0.25) is 0 Å². The Balaban J connectivity index is 2.15. The van der Waals surface area contributed by atoms with E-state index < -0.39 is 0 Å². The van der Waals surface area contributed by atoms with E-state index in [4.69, 9.17) is 4.74 Å². The Morgan fingerprint density at radius 3 is 2.47 bits per heavy atom. The van der Waals surface area contributed by atoms with Crippen LogP contribution in [0.3, 0.4) is 0 Å². The minimum Gasteiger partial charge on any atom is -0.377 e. The zero-order valence-corrected chi connectivity index (χ0v) is 13.6. The van der Waals surface area contributed by atoms with Crippen molar-refractivity contribution >= 4 is 0 Å². The molecule has 0 radical (unpaired) electrons. The predicted octanol–water partition coefficient (Wildman–Crippen LogP) is 4.53. The van der Waals surface area contributed by atoms with Crippen molar-refractivity contribution < 1.29 is 4.74 Å². The highest BCUT2D eigenvalue weighted by Crippen LogP contribution is 2.36. The Morgan fingerprint density at radius 2 is 1.79 bits per heavy atom. The maximum atomic E-state index is 6.17. The maximum absolute atomic E-state index is 6.17. The number of hydrogen-bond donors (Lipinski definition) is 1. The molecule has 0 saturated heterocycles. The van der Waals surface area contributed by atoms with Crippen molar-refractivity contribution in [2.75, 3.05) is 13.7 Å². The van der Waals surface area contributed by atoms with E-state index in [-0.39, 0.29) is 0 Å². The summed E-state index contributed by atoms with van der Waals surface area (Å²) in [5.41, 5.74) is 0.457. The minimum absolute atomic E-state index is 0.421. The summed E-state index contributed by atoms with van der Waals surface area (Å²) >= 11 is 0. The molecule has 1 N–H and O–H groups in total. The minimum atomic E-state index is 0.421. The van der Waals surface area contributed by atoms with Gasteiger partial charge in [0.1, 0.15) is 0 Å². The van der Waals surface area contributed by atoms with Crippen molar-refractivity contribution in [2.45, 2.75) is 90.7 Å². The molecule has 1 aliphatic rings. The molecular weight excluding hydrogens is 234 g/mol. The van der Waals surface area contributed by atoms with Crippen LogP contribution in [0, 0.1) is 5.41 Å². The van der Waals surface area contributed by atoms with E-state index in [1.165, 1.54) is 57.8 Å². The normalized spacial score (nSPS) is 26.5. The van der Waals surface area contributed by atoms with E-state index in [0.717, 1.165) is 6.61 Å². The van der Waals surface area contributed by atoms with E-state index in [9.17, 15) is 0 Å². The molecule has 0 spiro atoms. The Morgan fingerprint density at radius 1 is 1.11 bits per heavy atom. The van der Waals surface area contributed by atoms with Crippen LogP contribution in [0.15, 0.2) is 0 Å². The molecule has 114 valence electrons. The van der Waals surface area contributed by atoms with E-state index in [0.29, 0.717) is 17.6 Å². The fourth-order valence-corrected chi connectivity index (χ4v) is 3.14. The quantitative estimate of drug-likeness (QED) is 0.621. The molecule has 0 aliphatic heterocycles. The lowest BCUT2D eigenvalue weighted by atomic mass is 9.74. The average Bonchev–Trinajstić information content (AvgIpc) is 2.37. The molecule has 1 saturated carbocycles. The lowest BCUT2D eigenvalue weighted by molar-refractivity contribution is -0.0277. The highest BCUT2D eigenvalue weighted by Gasteiger charge is 2.34. The van der Waals surface area contributed by atoms with Gasteiger partial charge in [-0.05, 0) is 38.1 Å². The lowest BCUT2D eigenvalue weighted by Gasteiger charge is -2.40. The molecule has 0 amide bonds. The van der Waals surface area contributed by atoms with E-state index >= 15 is 0 Å². The highest BCUT2D eigenvalue weighted by atomic mass is 16.5. The third-order valence-electron chi connectivity index (χ3n) is 4.54. The van der Waals surface area contributed by atoms with Crippen LogP contribution in [-0.4, -0.2) is 25.8 Å². The van der Waals surface area contributed by atoms with E-state index in [1.54, 1.807) is 0 Å². The molecule has 2 unspecified atom stereocenters. The summed E-state index contributed by atoms with van der Waals surface area (Å²) in [6, 6.07) is 0.563. The first kappa shape index (κ1) is 17.0. The van der Waals surface area contributed by atoms with Crippen molar-refractivity contribution in [1.29, 1.82) is 0 Å². The second kappa shape index (κ2) is 8.97. The second-order valence-corrected chi connectivity index (χ2v) is 6.98. The molecule has 0 heterocycles. The summed E-state index contributed by atoms with van der Waals surface area (Å²) in [5, 5.41) is 3.44. The van der Waals surface area contributed by atoms with Gasteiger partial charge in [-0.2, -0.15) is 0 Å². The molecule has 1 rings (SSSR count). The van der Waals surface area contributed by atoms with Gasteiger partial charge in [-0.25, -0.2) is 0 Å². The van der Waals surface area contributed by atoms with Gasteiger partial charge in [0.25, 0.3) is 0 Å². The Bertz CT molecular complexity index is 227. The Hall–Kier alpha value is -0.0800. The number of nitrogens with one attached hydrogen (secondary N) is 1. The van der Waals surface area contributed by atoms with E-state index in [1.807, 2.05) is 0 Å². The molecule has 0 aromatic carbocycles. The number of rotatable bonds is 9. The number of likely N-dealkylation sites (N-methyl/N-ethyl adjacent to an activating group) is 1. The van der Waals surface area contributed by atoms with Gasteiger partial charge in [0.05, 0.1) is 6.10 Å². The van der Waals surface area contributed by atoms with Crippen molar-refractivity contribution in [3.63, 3.8) is 0 Å². The van der Waals surface area contributed by atoms with Gasteiger partial charge in [0.15, 0.2) is 0 Å². The second-order valence-electron chi connectivity index (χ2n) is 6.98. The first-order valence-electron chi connectivity index (χ1n) is 8.38. The lowest BCUT2D eigenvalue weighted by Crippen LogP contribution is -2.46. The largest absolute Gasteiger partial charge is 0.377 e. The molecule has 2 nitrogen and oxygen atoms in total. The zero-order chi connectivity index (χ0) is 14.1. The molecule has 2 atom stereocenters. The summed E-state index contributed by atoms with van der Waals surface area (Å²) in [7, 11) is 2.07. The van der Waals surface area contributed by atoms with Crippen LogP contribution in [0.1, 0.15) is 78.6 Å². The number of hydrogen-bond acceptors (Lipinski definition) is 2. The summed E-state index contributed by atoms with van der Waals surface area (Å²) in [6.07, 6.45) is 12.3. The monoisotopic (exact) mass is 269 g/mol. The topological polar surface area (TPSA) is 21.3 Å². The first-order chi connectivity index (χ1) is 9.09. The van der Waals surface area contributed by atoms with Crippen molar-refractivity contribution in [2.24, 2.45) is 5.41 Å². The number of unbranched alkanes of at least 4 members (excludes halogenated alkanes) is 5. The molecule has 19 heavy (non-hydrogen) atoms. The summed E-state index contributed by atoms with van der Waals surface area (Å²) in [5.74, 6) is 0. The average molecular weight is 269 g/mol. The third-order valence-corrected chi connectivity index (χ3v) is 4.54. The van der Waals surface area contributed by atoms with Crippen LogP contribution in [0.25, 0.3) is 0 Å². The van der Waals surface area contributed by atoms with Gasteiger partial charge in [-0.15, -0.1) is 0 Å². The molecule has 0 bridgehead atoms. The van der Waals surface area contributed by atoms with Gasteiger partial charge >= 0.3 is 0 Å². The molecule has 1 aliphatic carbocycles. The van der Waals surface area contributed by atoms with Crippen LogP contribution in [-0.2, 0) is 4.74 Å². The molecule has 2 heteroatoms. The molecule has 0 aromatic rings. The third kappa shape index (κ3) is 6.76. The van der Waals surface area contributed by atoms with Gasteiger partial charge in [-0.1, -0.05) is 52.9 Å². The van der Waals surface area contributed by atoms with Gasteiger partial charge in [0.2, 0.25) is 0 Å². The first-order valence-corrected chi connectivity index (χ1v) is 8.38. The van der Waals surface area contributed by atoms with E-state index in [2.05, 4.69) is 33.1 Å². The summed E-state index contributed by atoms with van der Waals surface area (Å²) in [6.45, 7) is 7.97.